The summed E-state index contributed by atoms with van der Waals surface area (Å²) in [4.78, 5) is 65.4. The fraction of sp³-hybridized carbons (Fsp3) is 0.444. The molecule has 19 heteroatoms. The molecule has 8 rings (SSSR count). The van der Waals surface area contributed by atoms with Crippen molar-refractivity contribution in [3.63, 3.8) is 0 Å². The van der Waals surface area contributed by atoms with E-state index in [9.17, 15) is 54.6 Å². The lowest BCUT2D eigenvalue weighted by atomic mass is 9.78. The van der Waals surface area contributed by atoms with Crippen molar-refractivity contribution in [3.05, 3.63) is 93.8 Å². The molecule has 1 saturated heterocycles. The Bertz CT molecular complexity index is 2840. The molecule has 3 aromatic rings. The summed E-state index contributed by atoms with van der Waals surface area (Å²) >= 11 is 0. The number of rotatable bonds is 4. The SMILES string of the molecule is CO[C@H]1/C=C/O[C@@]2(C)Oc3c(C)c(O)c4c(O)c(c(/C=N/N5CCN(C)CC5)c(O)c4c3C2=O)NC(=O)/C(C)=C\C=C\[C@H](C)[C@H](O)[C@@H](C)[C@@H](O)[C@@H](C)[C@H](OC(C)=O)[C@@H]1C.Cc1cc(O)c2c(c1)C(=O)C=CC2=O. The minimum Gasteiger partial charge on any atom is -0.507 e. The number of allylic oxidation sites excluding steroid dienone is 4. The molecule has 9 atom stereocenters. The number of aryl methyl sites for hydroxylation is 1. The topological polar surface area (TPSA) is 275 Å². The summed E-state index contributed by atoms with van der Waals surface area (Å²) in [5, 5.41) is 76.4. The predicted molar refractivity (Wildman–Crippen MR) is 271 cm³/mol. The van der Waals surface area contributed by atoms with E-state index in [0.29, 0.717) is 13.1 Å². The molecule has 0 spiro atoms. The van der Waals surface area contributed by atoms with Gasteiger partial charge in [0, 0.05) is 92.9 Å². The number of aliphatic hydroxyl groups excluding tert-OH is 2. The first-order valence-electron chi connectivity index (χ1n) is 24.0. The number of ketones is 3. The summed E-state index contributed by atoms with van der Waals surface area (Å²) in [6, 6.07) is 3.09. The number of hydrogen-bond acceptors (Lipinski definition) is 18. The van der Waals surface area contributed by atoms with Crippen molar-refractivity contribution in [2.24, 2.45) is 28.8 Å². The second-order valence-electron chi connectivity index (χ2n) is 19.4. The number of likely N-dealkylation sites (N-methyl/N-ethyl adjacent to an activating group) is 1. The van der Waals surface area contributed by atoms with Crippen molar-refractivity contribution in [1.29, 1.82) is 0 Å². The third-order valence-electron chi connectivity index (χ3n) is 14.0. The first-order valence-corrected chi connectivity index (χ1v) is 24.0. The number of esters is 1. The highest BCUT2D eigenvalue weighted by atomic mass is 16.7. The largest absolute Gasteiger partial charge is 0.507 e. The number of nitrogens with one attached hydrogen (secondary N) is 1. The Morgan fingerprint density at radius 1 is 0.849 bits per heavy atom. The molecule has 1 fully saturated rings. The molecule has 4 aliphatic heterocycles. The number of ether oxygens (including phenoxy) is 4. The van der Waals surface area contributed by atoms with Gasteiger partial charge >= 0.3 is 11.8 Å². The molecule has 7 N–H and O–H groups in total. The number of aliphatic hydroxyl groups is 2. The Morgan fingerprint density at radius 2 is 1.51 bits per heavy atom. The molecule has 0 saturated carbocycles. The van der Waals surface area contributed by atoms with E-state index < -0.39 is 88.8 Å². The zero-order chi connectivity index (χ0) is 54.0. The third-order valence-corrected chi connectivity index (χ3v) is 14.0. The van der Waals surface area contributed by atoms with Crippen LogP contribution in [-0.2, 0) is 23.8 Å². The Labute approximate surface area is 423 Å². The highest BCUT2D eigenvalue weighted by Crippen LogP contribution is 2.55. The van der Waals surface area contributed by atoms with E-state index in [1.165, 1.54) is 77.7 Å². The second-order valence-corrected chi connectivity index (χ2v) is 19.4. The van der Waals surface area contributed by atoms with Gasteiger partial charge in [0.1, 0.15) is 29.1 Å². The molecule has 0 radical (unpaired) electrons. The van der Waals surface area contributed by atoms with E-state index in [1.807, 2.05) is 7.05 Å². The third kappa shape index (κ3) is 11.3. The van der Waals surface area contributed by atoms with Gasteiger partial charge in [0.2, 0.25) is 0 Å². The molecule has 73 heavy (non-hydrogen) atoms. The fourth-order valence-electron chi connectivity index (χ4n) is 9.47. The summed E-state index contributed by atoms with van der Waals surface area (Å²) in [5.41, 5.74) is 0.813. The normalized spacial score (nSPS) is 28.7. The number of piperazine rings is 1. The highest BCUT2D eigenvalue weighted by molar-refractivity contribution is 6.24. The van der Waals surface area contributed by atoms with Crippen LogP contribution in [-0.4, -0.2) is 147 Å². The van der Waals surface area contributed by atoms with Gasteiger partial charge in [0.25, 0.3) is 11.7 Å². The van der Waals surface area contributed by atoms with Crippen LogP contribution < -0.4 is 10.1 Å². The molecular weight excluding hydrogens is 945 g/mol. The van der Waals surface area contributed by atoms with Crippen LogP contribution in [0.5, 0.6) is 28.7 Å². The van der Waals surface area contributed by atoms with Gasteiger partial charge in [-0.2, -0.15) is 5.10 Å². The number of hydrazone groups is 1. The van der Waals surface area contributed by atoms with Gasteiger partial charge in [0.15, 0.2) is 17.3 Å². The van der Waals surface area contributed by atoms with Crippen LogP contribution in [0, 0.1) is 37.5 Å². The molecule has 0 unspecified atom stereocenters. The number of hydrogen-bond donors (Lipinski definition) is 7. The predicted octanol–water partition coefficient (Wildman–Crippen LogP) is 5.97. The number of amides is 1. The maximum atomic E-state index is 14.4. The van der Waals surface area contributed by atoms with Gasteiger partial charge in [-0.25, -0.2) is 0 Å². The molecule has 0 aromatic heterocycles. The smallest absolute Gasteiger partial charge is 0.312 e. The quantitative estimate of drug-likeness (QED) is 0.0686. The van der Waals surface area contributed by atoms with Crippen molar-refractivity contribution in [2.75, 3.05) is 45.7 Å². The molecule has 19 nitrogen and oxygen atoms in total. The minimum atomic E-state index is -2.04. The summed E-state index contributed by atoms with van der Waals surface area (Å²) < 4.78 is 23.6. The summed E-state index contributed by atoms with van der Waals surface area (Å²) in [6.45, 7) is 16.9. The maximum absolute atomic E-state index is 14.4. The number of phenolic OH excluding ortho intramolecular Hbond substituents is 4. The lowest BCUT2D eigenvalue weighted by Gasteiger charge is -2.38. The minimum absolute atomic E-state index is 0.0559. The monoisotopic (exact) mass is 1010 g/mol. The molecule has 5 aliphatic rings. The van der Waals surface area contributed by atoms with E-state index in [1.54, 1.807) is 57.8 Å². The Morgan fingerprint density at radius 3 is 2.15 bits per heavy atom. The summed E-state index contributed by atoms with van der Waals surface area (Å²) in [7, 11) is 3.42. The number of carbonyl (C=O) groups is 5. The number of carbonyl (C=O) groups excluding carboxylic acids is 5. The molecule has 5 bridgehead atoms. The van der Waals surface area contributed by atoms with E-state index >= 15 is 0 Å². The fourth-order valence-corrected chi connectivity index (χ4v) is 9.47. The van der Waals surface area contributed by atoms with Crippen molar-refractivity contribution in [3.8, 4) is 28.7 Å². The number of methoxy groups -OCH3 is 1. The number of nitrogens with zero attached hydrogens (tertiary/aromatic N) is 3. The zero-order valence-electron chi connectivity index (χ0n) is 42.9. The molecule has 392 valence electrons. The number of benzene rings is 3. The average molecular weight is 1010 g/mol. The van der Waals surface area contributed by atoms with Crippen molar-refractivity contribution in [2.45, 2.75) is 92.5 Å². The van der Waals surface area contributed by atoms with Gasteiger partial charge in [-0.3, -0.25) is 29.0 Å². The standard InChI is InChI=1S/C43H58N4O12.C11H8O3/c1-21-12-11-13-22(2)42(55)45-33-28(20-44-47-17-15-46(9)16-18-47)37(52)30-31(38(33)53)36(51)26(6)40-32(30)41(54)43(8,59-40)57-19-14-29(56-10)23(3)39(58-27(7)48)25(5)35(50)24(4)34(21)49;1-6-4-7-8(12)2-3-9(13)11(7)10(14)5-6/h11-14,19-21,23-25,29,34-35,39,49-53H,15-18H2,1-10H3,(H,45,55);2-5,14H,1H3/b12-11+,19-14+,22-13-,44-20+;/t21-,23+,24+,25+,29-,34-,35+,39+,43-;/m0./s1. The van der Waals surface area contributed by atoms with Crippen LogP contribution >= 0.6 is 0 Å². The second kappa shape index (κ2) is 22.4. The summed E-state index contributed by atoms with van der Waals surface area (Å²) in [6.07, 6.45) is 7.27. The van der Waals surface area contributed by atoms with E-state index in [-0.39, 0.29) is 72.9 Å². The zero-order valence-corrected chi connectivity index (χ0v) is 42.9. The first-order chi connectivity index (χ1) is 34.3. The molecule has 4 heterocycles. The van der Waals surface area contributed by atoms with Crippen LogP contribution in [0.4, 0.5) is 5.69 Å². The van der Waals surface area contributed by atoms with Crippen LogP contribution in [0.15, 0.2) is 65.5 Å². The number of Topliss-reactive ketones (excluding diaryl/α,β-unsaturated/α-hetero) is 1. The van der Waals surface area contributed by atoms with Gasteiger partial charge < -0.3 is 59.8 Å². The number of fused-ring (bicyclic) bond motifs is 15. The average Bonchev–Trinajstić information content (AvgIpc) is 3.61. The maximum Gasteiger partial charge on any atom is 0.312 e. The Kier molecular flexibility index (Phi) is 16.9. The summed E-state index contributed by atoms with van der Waals surface area (Å²) in [5.74, 6) is -9.02. The molecule has 3 aromatic carbocycles. The van der Waals surface area contributed by atoms with Gasteiger partial charge in [0.05, 0.1) is 58.6 Å². The van der Waals surface area contributed by atoms with Crippen LogP contribution in [0.3, 0.4) is 0 Å². The molecule has 1 aliphatic carbocycles. The Hall–Kier alpha value is -7.06. The van der Waals surface area contributed by atoms with Gasteiger partial charge in [-0.1, -0.05) is 45.9 Å². The lowest BCUT2D eigenvalue weighted by Crippen LogP contribution is -2.46. The van der Waals surface area contributed by atoms with Crippen molar-refractivity contribution < 1.29 is 73.6 Å². The lowest BCUT2D eigenvalue weighted by molar-refractivity contribution is -0.160. The molecule has 1 amide bonds. The first kappa shape index (κ1) is 55.3. The van der Waals surface area contributed by atoms with E-state index in [4.69, 9.17) is 18.9 Å². The van der Waals surface area contributed by atoms with Gasteiger partial charge in [-0.05, 0) is 63.7 Å². The van der Waals surface area contributed by atoms with Crippen LogP contribution in [0.25, 0.3) is 10.8 Å². The van der Waals surface area contributed by atoms with E-state index in [0.717, 1.165) is 18.7 Å². The van der Waals surface area contributed by atoms with Gasteiger partial charge in [-0.15, -0.1) is 0 Å². The van der Waals surface area contributed by atoms with Crippen LogP contribution in [0.2, 0.25) is 0 Å². The van der Waals surface area contributed by atoms with E-state index in [2.05, 4.69) is 15.3 Å². The molecular formula is C54H66N4O15. The number of anilines is 1. The highest BCUT2D eigenvalue weighted by Gasteiger charge is 2.50. The number of aromatic hydroxyl groups is 4. The number of phenols is 4. The van der Waals surface area contributed by atoms with Crippen molar-refractivity contribution >= 4 is 51.9 Å². The van der Waals surface area contributed by atoms with Crippen LogP contribution in [0.1, 0.15) is 96.2 Å². The van der Waals surface area contributed by atoms with Crippen molar-refractivity contribution in [1.82, 2.24) is 9.91 Å². The Balaban J connectivity index is 0.000000530.